The lowest BCUT2D eigenvalue weighted by molar-refractivity contribution is 0.512. The van der Waals surface area contributed by atoms with Gasteiger partial charge in [0, 0.05) is 6.54 Å². The van der Waals surface area contributed by atoms with Crippen LogP contribution in [0.5, 0.6) is 0 Å². The SMILES string of the molecule is CC(C)CCCCCCNCc1cc(Cl)c(N)c(Cl)c1. The monoisotopic (exact) mass is 316 g/mol. The van der Waals surface area contributed by atoms with Crippen molar-refractivity contribution >= 4 is 28.9 Å². The highest BCUT2D eigenvalue weighted by atomic mass is 35.5. The Labute approximate surface area is 133 Å². The topological polar surface area (TPSA) is 38.0 Å². The fourth-order valence-electron chi connectivity index (χ4n) is 2.13. The molecule has 0 radical (unpaired) electrons. The van der Waals surface area contributed by atoms with Crippen LogP contribution in [0.1, 0.15) is 51.5 Å². The summed E-state index contributed by atoms with van der Waals surface area (Å²) in [6.07, 6.45) is 6.54. The van der Waals surface area contributed by atoms with Crippen molar-refractivity contribution in [1.29, 1.82) is 0 Å². The molecule has 0 aliphatic rings. The molecule has 0 atom stereocenters. The largest absolute Gasteiger partial charge is 0.396 e. The summed E-state index contributed by atoms with van der Waals surface area (Å²) in [5.41, 5.74) is 7.25. The normalized spacial score (nSPS) is 11.2. The van der Waals surface area contributed by atoms with Crippen LogP contribution in [0.2, 0.25) is 10.0 Å². The number of unbranched alkanes of at least 4 members (excludes halogenated alkanes) is 3. The highest BCUT2D eigenvalue weighted by Crippen LogP contribution is 2.28. The Bertz CT molecular complexity index is 382. The molecule has 0 saturated heterocycles. The van der Waals surface area contributed by atoms with E-state index in [2.05, 4.69) is 19.2 Å². The first-order valence-corrected chi connectivity index (χ1v) is 8.20. The van der Waals surface area contributed by atoms with Gasteiger partial charge in [0.15, 0.2) is 0 Å². The van der Waals surface area contributed by atoms with Gasteiger partial charge in [-0.15, -0.1) is 0 Å². The van der Waals surface area contributed by atoms with Gasteiger partial charge in [-0.1, -0.05) is 62.7 Å². The van der Waals surface area contributed by atoms with Crippen LogP contribution in [0.4, 0.5) is 5.69 Å². The number of nitrogens with two attached hydrogens (primary N) is 1. The summed E-state index contributed by atoms with van der Waals surface area (Å²) >= 11 is 12.0. The summed E-state index contributed by atoms with van der Waals surface area (Å²) in [6, 6.07) is 3.75. The third-order valence-electron chi connectivity index (χ3n) is 3.35. The van der Waals surface area contributed by atoms with Gasteiger partial charge in [-0.2, -0.15) is 0 Å². The Balaban J connectivity index is 2.13. The Hall–Kier alpha value is -0.440. The van der Waals surface area contributed by atoms with Crippen LogP contribution in [0.3, 0.4) is 0 Å². The second-order valence-corrected chi connectivity index (χ2v) is 6.56. The van der Waals surface area contributed by atoms with E-state index in [1.165, 1.54) is 32.1 Å². The molecule has 20 heavy (non-hydrogen) atoms. The minimum atomic E-state index is 0.460. The van der Waals surface area contributed by atoms with Crippen LogP contribution in [0.25, 0.3) is 0 Å². The molecule has 0 amide bonds. The Morgan fingerprint density at radius 1 is 1.05 bits per heavy atom. The standard InChI is InChI=1S/C16H26Cl2N2/c1-12(2)7-5-3-4-6-8-20-11-13-9-14(17)16(19)15(18)10-13/h9-10,12,20H,3-8,11,19H2,1-2H3. The van der Waals surface area contributed by atoms with Crippen molar-refractivity contribution in [3.63, 3.8) is 0 Å². The zero-order valence-corrected chi connectivity index (χ0v) is 14.0. The van der Waals surface area contributed by atoms with Crippen LogP contribution in [0.15, 0.2) is 12.1 Å². The second-order valence-electron chi connectivity index (χ2n) is 5.75. The van der Waals surface area contributed by atoms with E-state index in [0.29, 0.717) is 15.7 Å². The Morgan fingerprint density at radius 2 is 1.65 bits per heavy atom. The number of rotatable bonds is 9. The number of hydrogen-bond acceptors (Lipinski definition) is 2. The molecule has 0 aliphatic heterocycles. The van der Waals surface area contributed by atoms with Crippen LogP contribution >= 0.6 is 23.2 Å². The Morgan fingerprint density at radius 3 is 2.25 bits per heavy atom. The summed E-state index contributed by atoms with van der Waals surface area (Å²) < 4.78 is 0. The highest BCUT2D eigenvalue weighted by molar-refractivity contribution is 6.38. The maximum absolute atomic E-state index is 6.00. The third-order valence-corrected chi connectivity index (χ3v) is 3.98. The van der Waals surface area contributed by atoms with Crippen LogP contribution < -0.4 is 11.1 Å². The van der Waals surface area contributed by atoms with E-state index in [9.17, 15) is 0 Å². The summed E-state index contributed by atoms with van der Waals surface area (Å²) in [5, 5.41) is 4.48. The van der Waals surface area contributed by atoms with Gasteiger partial charge in [0.25, 0.3) is 0 Å². The first-order valence-electron chi connectivity index (χ1n) is 7.44. The number of anilines is 1. The van der Waals surface area contributed by atoms with Crippen molar-refractivity contribution in [3.05, 3.63) is 27.7 Å². The van der Waals surface area contributed by atoms with Gasteiger partial charge in [-0.3, -0.25) is 0 Å². The fraction of sp³-hybridized carbons (Fsp3) is 0.625. The van der Waals surface area contributed by atoms with Gasteiger partial charge in [0.05, 0.1) is 15.7 Å². The minimum absolute atomic E-state index is 0.460. The number of nitrogen functional groups attached to an aromatic ring is 1. The zero-order chi connectivity index (χ0) is 15.0. The summed E-state index contributed by atoms with van der Waals surface area (Å²) in [4.78, 5) is 0. The summed E-state index contributed by atoms with van der Waals surface area (Å²) in [5.74, 6) is 0.827. The molecule has 3 N–H and O–H groups in total. The molecular weight excluding hydrogens is 291 g/mol. The lowest BCUT2D eigenvalue weighted by Gasteiger charge is -2.08. The maximum Gasteiger partial charge on any atom is 0.0693 e. The highest BCUT2D eigenvalue weighted by Gasteiger charge is 2.04. The van der Waals surface area contributed by atoms with Crippen LogP contribution in [-0.2, 0) is 6.54 Å². The average molecular weight is 317 g/mol. The second kappa shape index (κ2) is 9.49. The van der Waals surface area contributed by atoms with Crippen molar-refractivity contribution in [2.24, 2.45) is 5.92 Å². The average Bonchev–Trinajstić information content (AvgIpc) is 2.38. The first-order chi connectivity index (χ1) is 9.50. The summed E-state index contributed by atoms with van der Waals surface area (Å²) in [6.45, 7) is 6.38. The number of benzene rings is 1. The molecule has 1 rings (SSSR count). The first kappa shape index (κ1) is 17.6. The molecule has 0 heterocycles. The smallest absolute Gasteiger partial charge is 0.0693 e. The molecule has 0 unspecified atom stereocenters. The van der Waals surface area contributed by atoms with E-state index >= 15 is 0 Å². The maximum atomic E-state index is 6.00. The number of hydrogen-bond donors (Lipinski definition) is 2. The van der Waals surface area contributed by atoms with Gasteiger partial charge >= 0.3 is 0 Å². The lowest BCUT2D eigenvalue weighted by Crippen LogP contribution is -2.14. The van der Waals surface area contributed by atoms with E-state index in [-0.39, 0.29) is 0 Å². The van der Waals surface area contributed by atoms with Gasteiger partial charge in [-0.25, -0.2) is 0 Å². The van der Waals surface area contributed by atoms with Gasteiger partial charge in [0.2, 0.25) is 0 Å². The summed E-state index contributed by atoms with van der Waals surface area (Å²) in [7, 11) is 0. The van der Waals surface area contributed by atoms with Crippen molar-refractivity contribution in [2.45, 2.75) is 52.5 Å². The van der Waals surface area contributed by atoms with Crippen molar-refractivity contribution < 1.29 is 0 Å². The van der Waals surface area contributed by atoms with E-state index < -0.39 is 0 Å². The van der Waals surface area contributed by atoms with Gasteiger partial charge in [0.1, 0.15) is 0 Å². The zero-order valence-electron chi connectivity index (χ0n) is 12.5. The van der Waals surface area contributed by atoms with E-state index in [1.807, 2.05) is 12.1 Å². The molecule has 2 nitrogen and oxygen atoms in total. The molecule has 0 aliphatic carbocycles. The molecular formula is C16H26Cl2N2. The van der Waals surface area contributed by atoms with E-state index in [0.717, 1.165) is 24.6 Å². The fourth-order valence-corrected chi connectivity index (χ4v) is 2.66. The van der Waals surface area contributed by atoms with Gasteiger partial charge in [-0.05, 0) is 36.6 Å². The number of halogens is 2. The third kappa shape index (κ3) is 6.83. The molecule has 0 fully saturated rings. The molecule has 1 aromatic rings. The van der Waals surface area contributed by atoms with Crippen LogP contribution in [0, 0.1) is 5.92 Å². The van der Waals surface area contributed by atoms with Crippen molar-refractivity contribution in [1.82, 2.24) is 5.32 Å². The molecule has 0 spiro atoms. The quantitative estimate of drug-likeness (QED) is 0.481. The Kier molecular flexibility index (Phi) is 8.35. The predicted molar refractivity (Wildman–Crippen MR) is 90.5 cm³/mol. The van der Waals surface area contributed by atoms with Gasteiger partial charge < -0.3 is 11.1 Å². The molecule has 0 saturated carbocycles. The molecule has 4 heteroatoms. The number of nitrogens with one attached hydrogen (secondary N) is 1. The van der Waals surface area contributed by atoms with E-state index in [1.54, 1.807) is 0 Å². The molecule has 0 bridgehead atoms. The van der Waals surface area contributed by atoms with Crippen molar-refractivity contribution in [3.8, 4) is 0 Å². The predicted octanol–water partition coefficient (Wildman–Crippen LogP) is 5.27. The molecule has 114 valence electrons. The van der Waals surface area contributed by atoms with Crippen molar-refractivity contribution in [2.75, 3.05) is 12.3 Å². The molecule has 1 aromatic carbocycles. The lowest BCUT2D eigenvalue weighted by atomic mass is 10.0. The minimum Gasteiger partial charge on any atom is -0.396 e. The van der Waals surface area contributed by atoms with E-state index in [4.69, 9.17) is 28.9 Å². The van der Waals surface area contributed by atoms with Crippen LogP contribution in [-0.4, -0.2) is 6.54 Å². The molecule has 0 aromatic heterocycles.